The van der Waals surface area contributed by atoms with E-state index in [-0.39, 0.29) is 18.1 Å². The quantitative estimate of drug-likeness (QED) is 0.464. The summed E-state index contributed by atoms with van der Waals surface area (Å²) in [5.41, 5.74) is 8.48. The molecule has 0 fully saturated rings. The third kappa shape index (κ3) is 4.21. The maximum absolute atomic E-state index is 11.9. The van der Waals surface area contributed by atoms with Crippen LogP contribution < -0.4 is 11.1 Å². The molecule has 1 aromatic rings. The fourth-order valence-corrected chi connectivity index (χ4v) is 2.16. The number of methoxy groups -OCH3 is 1. The van der Waals surface area contributed by atoms with Crippen molar-refractivity contribution in [2.75, 3.05) is 24.8 Å². The standard InChI is InChI=1S/C17H21N3O4/c1-10(8-21)19-14-6-15(17(23)7-16(14)22)20-12-3-4-13(18)11(5-12)9-24-2/h3-7,10,20-21,23H,8-9,18H2,1-2H3. The summed E-state index contributed by atoms with van der Waals surface area (Å²) in [6, 6.07) is 4.89. The molecular formula is C17H21N3O4. The zero-order chi connectivity index (χ0) is 17.7. The summed E-state index contributed by atoms with van der Waals surface area (Å²) >= 11 is 0. The second-order valence-electron chi connectivity index (χ2n) is 5.47. The Balaban J connectivity index is 2.28. The number of aliphatic imine (C=N–C) groups is 1. The number of ketones is 1. The number of nitrogens with zero attached hydrogens (tertiary/aromatic N) is 1. The van der Waals surface area contributed by atoms with Crippen LogP contribution in [-0.4, -0.2) is 41.5 Å². The highest BCUT2D eigenvalue weighted by Crippen LogP contribution is 2.22. The zero-order valence-electron chi connectivity index (χ0n) is 13.6. The molecule has 1 aliphatic carbocycles. The van der Waals surface area contributed by atoms with E-state index in [9.17, 15) is 9.90 Å². The van der Waals surface area contributed by atoms with Gasteiger partial charge in [-0.15, -0.1) is 0 Å². The van der Waals surface area contributed by atoms with Gasteiger partial charge in [0, 0.05) is 30.1 Å². The van der Waals surface area contributed by atoms with Crippen molar-refractivity contribution in [3.63, 3.8) is 0 Å². The molecule has 7 nitrogen and oxygen atoms in total. The zero-order valence-corrected chi connectivity index (χ0v) is 13.6. The predicted molar refractivity (Wildman–Crippen MR) is 93.0 cm³/mol. The molecule has 24 heavy (non-hydrogen) atoms. The number of rotatable bonds is 6. The molecular weight excluding hydrogens is 310 g/mol. The number of hydrogen-bond donors (Lipinski definition) is 4. The van der Waals surface area contributed by atoms with E-state index in [1.54, 1.807) is 32.2 Å². The fourth-order valence-electron chi connectivity index (χ4n) is 2.16. The smallest absolute Gasteiger partial charge is 0.207 e. The van der Waals surface area contributed by atoms with Gasteiger partial charge < -0.3 is 26.0 Å². The highest BCUT2D eigenvalue weighted by Gasteiger charge is 2.19. The van der Waals surface area contributed by atoms with E-state index < -0.39 is 11.8 Å². The first-order valence-electron chi connectivity index (χ1n) is 7.44. The number of carbonyl (C=O) groups excluding carboxylic acids is 1. The Morgan fingerprint density at radius 2 is 2.12 bits per heavy atom. The van der Waals surface area contributed by atoms with E-state index in [0.717, 1.165) is 11.6 Å². The minimum Gasteiger partial charge on any atom is -0.506 e. The molecule has 0 saturated carbocycles. The van der Waals surface area contributed by atoms with Gasteiger partial charge in [0.2, 0.25) is 5.78 Å². The largest absolute Gasteiger partial charge is 0.506 e. The minimum absolute atomic E-state index is 0.165. The Hall–Kier alpha value is -2.64. The number of nitrogens with two attached hydrogens (primary N) is 1. The normalized spacial score (nSPS) is 17.5. The van der Waals surface area contributed by atoms with Crippen LogP contribution >= 0.6 is 0 Å². The van der Waals surface area contributed by atoms with Gasteiger partial charge in [0.05, 0.1) is 25.0 Å². The molecule has 0 bridgehead atoms. The minimum atomic E-state index is -0.407. The molecule has 0 aliphatic heterocycles. The Labute approximate surface area is 140 Å². The molecule has 128 valence electrons. The summed E-state index contributed by atoms with van der Waals surface area (Å²) in [6.07, 6.45) is 2.55. The molecule has 1 aromatic carbocycles. The van der Waals surface area contributed by atoms with Crippen molar-refractivity contribution < 1.29 is 19.7 Å². The lowest BCUT2D eigenvalue weighted by Gasteiger charge is -2.16. The molecule has 0 aromatic heterocycles. The molecule has 0 saturated heterocycles. The van der Waals surface area contributed by atoms with Crippen LogP contribution in [0.25, 0.3) is 0 Å². The average Bonchev–Trinajstić information content (AvgIpc) is 2.55. The molecule has 0 heterocycles. The first kappa shape index (κ1) is 17.7. The van der Waals surface area contributed by atoms with Gasteiger partial charge in [-0.3, -0.25) is 9.79 Å². The summed E-state index contributed by atoms with van der Waals surface area (Å²) in [5.74, 6) is -0.587. The van der Waals surface area contributed by atoms with Crippen LogP contribution in [0, 0.1) is 0 Å². The molecule has 7 heteroatoms. The number of allylic oxidation sites excluding steroid dienone is 2. The van der Waals surface area contributed by atoms with E-state index in [2.05, 4.69) is 10.3 Å². The molecule has 2 rings (SSSR count). The number of nitrogens with one attached hydrogen (secondary N) is 1. The SMILES string of the molecule is COCc1cc(NC2=CC(=NC(C)CO)C(=O)C=C2O)ccc1N. The topological polar surface area (TPSA) is 117 Å². The fraction of sp³-hybridized carbons (Fsp3) is 0.294. The third-order valence-electron chi connectivity index (χ3n) is 3.42. The second-order valence-corrected chi connectivity index (χ2v) is 5.47. The van der Waals surface area contributed by atoms with Gasteiger partial charge in [0.25, 0.3) is 0 Å². The summed E-state index contributed by atoms with van der Waals surface area (Å²) in [6.45, 7) is 1.89. The van der Waals surface area contributed by atoms with E-state index in [1.165, 1.54) is 6.08 Å². The monoisotopic (exact) mass is 331 g/mol. The number of benzene rings is 1. The Morgan fingerprint density at radius 3 is 2.79 bits per heavy atom. The van der Waals surface area contributed by atoms with Crippen molar-refractivity contribution in [3.8, 4) is 0 Å². The van der Waals surface area contributed by atoms with Crippen LogP contribution in [0.5, 0.6) is 0 Å². The predicted octanol–water partition coefficient (Wildman–Crippen LogP) is 1.56. The van der Waals surface area contributed by atoms with Crippen LogP contribution in [0.3, 0.4) is 0 Å². The van der Waals surface area contributed by atoms with Crippen LogP contribution in [0.2, 0.25) is 0 Å². The number of anilines is 2. The number of carbonyl (C=O) groups is 1. The van der Waals surface area contributed by atoms with E-state index in [4.69, 9.17) is 15.6 Å². The number of aliphatic hydroxyl groups is 2. The van der Waals surface area contributed by atoms with Crippen molar-refractivity contribution in [1.29, 1.82) is 0 Å². The summed E-state index contributed by atoms with van der Waals surface area (Å²) in [5, 5.41) is 22.1. The van der Waals surface area contributed by atoms with Crippen molar-refractivity contribution in [2.45, 2.75) is 19.6 Å². The highest BCUT2D eigenvalue weighted by atomic mass is 16.5. The molecule has 0 radical (unpaired) electrons. The van der Waals surface area contributed by atoms with Gasteiger partial charge in [-0.25, -0.2) is 0 Å². The number of aliphatic hydroxyl groups excluding tert-OH is 2. The first-order chi connectivity index (χ1) is 11.4. The summed E-state index contributed by atoms with van der Waals surface area (Å²) in [7, 11) is 1.58. The van der Waals surface area contributed by atoms with Gasteiger partial charge in [0.1, 0.15) is 11.5 Å². The average molecular weight is 331 g/mol. The van der Waals surface area contributed by atoms with Crippen molar-refractivity contribution in [2.24, 2.45) is 4.99 Å². The lowest BCUT2D eigenvalue weighted by Crippen LogP contribution is -2.21. The molecule has 0 amide bonds. The van der Waals surface area contributed by atoms with Crippen LogP contribution in [0.15, 0.2) is 46.8 Å². The van der Waals surface area contributed by atoms with Crippen LogP contribution in [-0.2, 0) is 16.1 Å². The molecule has 1 aliphatic rings. The maximum atomic E-state index is 11.9. The van der Waals surface area contributed by atoms with Crippen molar-refractivity contribution in [1.82, 2.24) is 0 Å². The lowest BCUT2D eigenvalue weighted by atomic mass is 10.1. The van der Waals surface area contributed by atoms with Crippen LogP contribution in [0.4, 0.5) is 11.4 Å². The molecule has 0 spiro atoms. The van der Waals surface area contributed by atoms with Gasteiger partial charge in [-0.1, -0.05) is 0 Å². The van der Waals surface area contributed by atoms with Gasteiger partial charge in [-0.05, 0) is 31.2 Å². The number of ether oxygens (including phenoxy) is 1. The van der Waals surface area contributed by atoms with E-state index in [0.29, 0.717) is 23.7 Å². The van der Waals surface area contributed by atoms with Gasteiger partial charge in [0.15, 0.2) is 0 Å². The Kier molecular flexibility index (Phi) is 5.73. The first-order valence-corrected chi connectivity index (χ1v) is 7.44. The Morgan fingerprint density at radius 1 is 1.38 bits per heavy atom. The number of hydrogen-bond acceptors (Lipinski definition) is 7. The summed E-state index contributed by atoms with van der Waals surface area (Å²) in [4.78, 5) is 16.0. The second kappa shape index (κ2) is 7.76. The molecule has 5 N–H and O–H groups in total. The van der Waals surface area contributed by atoms with Gasteiger partial charge >= 0.3 is 0 Å². The number of nitrogen functional groups attached to an aromatic ring is 1. The maximum Gasteiger partial charge on any atom is 0.207 e. The van der Waals surface area contributed by atoms with Gasteiger partial charge in [-0.2, -0.15) is 0 Å². The Bertz CT molecular complexity index is 723. The van der Waals surface area contributed by atoms with Crippen molar-refractivity contribution >= 4 is 22.9 Å². The lowest BCUT2D eigenvalue weighted by molar-refractivity contribution is -0.109. The summed E-state index contributed by atoms with van der Waals surface area (Å²) < 4.78 is 5.09. The molecule has 1 atom stereocenters. The third-order valence-corrected chi connectivity index (χ3v) is 3.42. The van der Waals surface area contributed by atoms with Crippen molar-refractivity contribution in [3.05, 3.63) is 47.4 Å². The molecule has 1 unspecified atom stereocenters. The van der Waals surface area contributed by atoms with E-state index in [1.807, 2.05) is 0 Å². The van der Waals surface area contributed by atoms with E-state index >= 15 is 0 Å². The van der Waals surface area contributed by atoms with Crippen LogP contribution in [0.1, 0.15) is 12.5 Å². The highest BCUT2D eigenvalue weighted by molar-refractivity contribution is 6.49.